The van der Waals surface area contributed by atoms with Crippen LogP contribution in [0.4, 0.5) is 0 Å². The molecule has 0 aromatic carbocycles. The second-order valence-corrected chi connectivity index (χ2v) is 13.5. The molecule has 262 valence electrons. The minimum atomic E-state index is -1.07. The minimum absolute atomic E-state index is 0.313. The van der Waals surface area contributed by atoms with Crippen LogP contribution in [0.2, 0.25) is 0 Å². The van der Waals surface area contributed by atoms with Crippen molar-refractivity contribution in [2.75, 3.05) is 6.61 Å². The fourth-order valence-electron chi connectivity index (χ4n) is 6.01. The molecule has 3 atom stereocenters. The standard InChI is InChI=1S/C39H77NO4/c1-3-5-7-9-11-13-15-17-19-20-22-24-26-28-30-32-34-38(43)39(44)40-36(35-41)37(42)33-31-29-27-25-23-21-18-16-14-12-10-8-6-4-2/h17,19,36-38,41-43H,3-16,18,20-35H2,1-2H3,(H,40,44)/b19-17-. The van der Waals surface area contributed by atoms with E-state index in [9.17, 15) is 20.1 Å². The number of unbranched alkanes of at least 4 members (excludes halogenated alkanes) is 25. The summed E-state index contributed by atoms with van der Waals surface area (Å²) in [6, 6.07) is -0.709. The van der Waals surface area contributed by atoms with Crippen LogP contribution < -0.4 is 5.32 Å². The fraction of sp³-hybridized carbons (Fsp3) is 0.923. The monoisotopic (exact) mass is 624 g/mol. The van der Waals surface area contributed by atoms with E-state index in [4.69, 9.17) is 0 Å². The first-order valence-electron chi connectivity index (χ1n) is 19.5. The normalized spacial score (nSPS) is 13.8. The van der Waals surface area contributed by atoms with Crippen LogP contribution in [0.1, 0.15) is 206 Å². The quantitative estimate of drug-likeness (QED) is 0.0418. The van der Waals surface area contributed by atoms with Gasteiger partial charge in [-0.15, -0.1) is 0 Å². The Morgan fingerprint density at radius 3 is 1.25 bits per heavy atom. The molecule has 0 spiro atoms. The highest BCUT2D eigenvalue weighted by Gasteiger charge is 2.23. The summed E-state index contributed by atoms with van der Waals surface area (Å²) >= 11 is 0. The molecule has 0 saturated carbocycles. The van der Waals surface area contributed by atoms with Gasteiger partial charge >= 0.3 is 0 Å². The maximum absolute atomic E-state index is 12.4. The molecule has 5 heteroatoms. The van der Waals surface area contributed by atoms with Crippen LogP contribution in [0, 0.1) is 0 Å². The lowest BCUT2D eigenvalue weighted by Gasteiger charge is -2.23. The highest BCUT2D eigenvalue weighted by molar-refractivity contribution is 5.80. The summed E-state index contributed by atoms with van der Waals surface area (Å²) in [6.45, 7) is 4.22. The van der Waals surface area contributed by atoms with Gasteiger partial charge in [0, 0.05) is 0 Å². The first kappa shape index (κ1) is 43.1. The lowest BCUT2D eigenvalue weighted by Crippen LogP contribution is -2.49. The summed E-state index contributed by atoms with van der Waals surface area (Å²) in [7, 11) is 0. The number of aliphatic hydroxyl groups is 3. The molecule has 3 unspecified atom stereocenters. The molecular weight excluding hydrogens is 546 g/mol. The van der Waals surface area contributed by atoms with Crippen molar-refractivity contribution in [3.8, 4) is 0 Å². The van der Waals surface area contributed by atoms with Gasteiger partial charge in [-0.1, -0.05) is 180 Å². The molecule has 1 amide bonds. The summed E-state index contributed by atoms with van der Waals surface area (Å²) in [4.78, 5) is 12.4. The summed E-state index contributed by atoms with van der Waals surface area (Å²) in [6.07, 6.45) is 39.1. The van der Waals surface area contributed by atoms with Crippen molar-refractivity contribution < 1.29 is 20.1 Å². The Kier molecular flexibility index (Phi) is 34.2. The van der Waals surface area contributed by atoms with Gasteiger partial charge in [-0.05, 0) is 38.5 Å². The smallest absolute Gasteiger partial charge is 0.249 e. The topological polar surface area (TPSA) is 89.8 Å². The maximum Gasteiger partial charge on any atom is 0.249 e. The van der Waals surface area contributed by atoms with Crippen LogP contribution in [0.5, 0.6) is 0 Å². The van der Waals surface area contributed by atoms with Crippen molar-refractivity contribution in [1.82, 2.24) is 5.32 Å². The molecule has 0 fully saturated rings. The van der Waals surface area contributed by atoms with E-state index in [1.54, 1.807) is 0 Å². The molecule has 0 bridgehead atoms. The Balaban J connectivity index is 3.67. The molecule has 0 aromatic rings. The number of carbonyl (C=O) groups excluding carboxylic acids is 1. The number of nitrogens with one attached hydrogen (secondary N) is 1. The van der Waals surface area contributed by atoms with Crippen molar-refractivity contribution in [3.05, 3.63) is 12.2 Å². The lowest BCUT2D eigenvalue weighted by atomic mass is 10.0. The summed E-state index contributed by atoms with van der Waals surface area (Å²) in [5.74, 6) is -0.475. The van der Waals surface area contributed by atoms with Crippen molar-refractivity contribution in [2.45, 2.75) is 225 Å². The van der Waals surface area contributed by atoms with Gasteiger partial charge in [0.2, 0.25) is 5.91 Å². The van der Waals surface area contributed by atoms with E-state index in [-0.39, 0.29) is 6.61 Å². The van der Waals surface area contributed by atoms with Crippen LogP contribution in [0.15, 0.2) is 12.2 Å². The predicted octanol–water partition coefficient (Wildman–Crippen LogP) is 10.5. The van der Waals surface area contributed by atoms with E-state index in [0.717, 1.165) is 32.1 Å². The Hall–Kier alpha value is -0.910. The molecule has 0 saturated heterocycles. The number of hydrogen-bond donors (Lipinski definition) is 4. The third-order valence-electron chi connectivity index (χ3n) is 9.13. The van der Waals surface area contributed by atoms with E-state index in [0.29, 0.717) is 12.8 Å². The van der Waals surface area contributed by atoms with E-state index in [1.165, 1.54) is 148 Å². The first-order chi connectivity index (χ1) is 21.6. The molecule has 0 aliphatic carbocycles. The molecule has 0 radical (unpaired) electrons. The molecule has 0 rings (SSSR count). The van der Waals surface area contributed by atoms with Gasteiger partial charge in [-0.3, -0.25) is 4.79 Å². The number of amides is 1. The summed E-state index contributed by atoms with van der Waals surface area (Å²) in [5.41, 5.74) is 0. The molecule has 0 aliphatic rings. The van der Waals surface area contributed by atoms with Crippen LogP contribution in [0.25, 0.3) is 0 Å². The fourth-order valence-corrected chi connectivity index (χ4v) is 6.01. The van der Waals surface area contributed by atoms with E-state index in [2.05, 4.69) is 31.3 Å². The molecular formula is C39H77NO4. The van der Waals surface area contributed by atoms with Crippen LogP contribution in [0.3, 0.4) is 0 Å². The Bertz CT molecular complexity index is 611. The molecule has 0 aliphatic heterocycles. The van der Waals surface area contributed by atoms with Gasteiger partial charge in [-0.25, -0.2) is 0 Å². The van der Waals surface area contributed by atoms with Gasteiger partial charge in [0.15, 0.2) is 0 Å². The number of carbonyl (C=O) groups is 1. The minimum Gasteiger partial charge on any atom is -0.394 e. The number of rotatable bonds is 35. The highest BCUT2D eigenvalue weighted by atomic mass is 16.3. The molecule has 5 nitrogen and oxygen atoms in total. The van der Waals surface area contributed by atoms with Gasteiger partial charge in [0.25, 0.3) is 0 Å². The van der Waals surface area contributed by atoms with Crippen LogP contribution in [-0.4, -0.2) is 46.1 Å². The van der Waals surface area contributed by atoms with Gasteiger partial charge < -0.3 is 20.6 Å². The SMILES string of the molecule is CCCCCCCC/C=C\CCCCCCCCC(O)C(=O)NC(CO)C(O)CCCCCCCCCCCCCCCC. The van der Waals surface area contributed by atoms with Gasteiger partial charge in [-0.2, -0.15) is 0 Å². The maximum atomic E-state index is 12.4. The first-order valence-corrected chi connectivity index (χ1v) is 19.5. The van der Waals surface area contributed by atoms with E-state index >= 15 is 0 Å². The highest BCUT2D eigenvalue weighted by Crippen LogP contribution is 2.15. The Morgan fingerprint density at radius 2 is 0.864 bits per heavy atom. The van der Waals surface area contributed by atoms with Gasteiger partial charge in [0.1, 0.15) is 6.10 Å². The predicted molar refractivity (Wildman–Crippen MR) is 190 cm³/mol. The molecule has 4 N–H and O–H groups in total. The second kappa shape index (κ2) is 35.0. The zero-order valence-corrected chi connectivity index (χ0v) is 29.6. The van der Waals surface area contributed by atoms with Crippen LogP contribution in [-0.2, 0) is 4.79 Å². The largest absolute Gasteiger partial charge is 0.394 e. The van der Waals surface area contributed by atoms with Gasteiger partial charge in [0.05, 0.1) is 18.8 Å². The third kappa shape index (κ3) is 29.8. The Morgan fingerprint density at radius 1 is 0.523 bits per heavy atom. The average molecular weight is 624 g/mol. The second-order valence-electron chi connectivity index (χ2n) is 13.5. The van der Waals surface area contributed by atoms with Crippen molar-refractivity contribution >= 4 is 5.91 Å². The number of allylic oxidation sites excluding steroid dienone is 2. The lowest BCUT2D eigenvalue weighted by molar-refractivity contribution is -0.131. The zero-order valence-electron chi connectivity index (χ0n) is 29.6. The van der Waals surface area contributed by atoms with Crippen molar-refractivity contribution in [1.29, 1.82) is 0 Å². The summed E-state index contributed by atoms with van der Waals surface area (Å²) < 4.78 is 0. The molecule has 0 aromatic heterocycles. The number of aliphatic hydroxyl groups excluding tert-OH is 3. The Labute approximate surface area is 274 Å². The van der Waals surface area contributed by atoms with Crippen molar-refractivity contribution in [2.24, 2.45) is 0 Å². The summed E-state index contributed by atoms with van der Waals surface area (Å²) in [5, 5.41) is 33.2. The van der Waals surface area contributed by atoms with E-state index in [1.807, 2.05) is 0 Å². The van der Waals surface area contributed by atoms with Crippen LogP contribution >= 0.6 is 0 Å². The molecule has 0 heterocycles. The van der Waals surface area contributed by atoms with E-state index < -0.39 is 24.2 Å². The zero-order chi connectivity index (χ0) is 32.4. The molecule has 44 heavy (non-hydrogen) atoms. The third-order valence-corrected chi connectivity index (χ3v) is 9.13. The van der Waals surface area contributed by atoms with Crippen molar-refractivity contribution in [3.63, 3.8) is 0 Å². The average Bonchev–Trinajstić information content (AvgIpc) is 3.03. The number of hydrogen-bond acceptors (Lipinski definition) is 4.